The Morgan fingerprint density at radius 2 is 1.50 bits per heavy atom. The maximum Gasteiger partial charge on any atom is 0.472 e. The fraction of sp³-hybridized carbons (Fsp3) is 0.806. The molecule has 5 N–H and O–H groups in total. The van der Waals surface area contributed by atoms with Crippen molar-refractivity contribution in [1.82, 2.24) is 14.6 Å². The van der Waals surface area contributed by atoms with Gasteiger partial charge in [0.25, 0.3) is 0 Å². The first-order valence-electron chi connectivity index (χ1n) is 16.5. The number of phosphoric acid groups is 1. The minimum absolute atomic E-state index is 0.0157. The van der Waals surface area contributed by atoms with Gasteiger partial charge in [-0.2, -0.15) is 5.10 Å². The van der Waals surface area contributed by atoms with E-state index in [-0.39, 0.29) is 12.4 Å². The zero-order chi connectivity index (χ0) is 31.8. The van der Waals surface area contributed by atoms with Crippen LogP contribution in [0, 0.1) is 0 Å². The minimum Gasteiger partial charge on any atom is -0.387 e. The number of anilines is 1. The summed E-state index contributed by atoms with van der Waals surface area (Å²) in [5.74, 6) is 0.251. The summed E-state index contributed by atoms with van der Waals surface area (Å²) >= 11 is 0. The van der Waals surface area contributed by atoms with Crippen LogP contribution in [0.3, 0.4) is 0 Å². The van der Waals surface area contributed by atoms with Crippen LogP contribution >= 0.6 is 7.82 Å². The average molecular weight is 643 g/mol. The molecule has 44 heavy (non-hydrogen) atoms. The SMILES string of the molecule is CCCCCCCCCCCCCCCCOCCCOP(=O)(O)OC[C@H]1O[C@@](C)(c2ccc3c(N)ncnn23)[C@H](O)[C@@H]1O. The summed E-state index contributed by atoms with van der Waals surface area (Å²) in [7, 11) is -4.40. The van der Waals surface area contributed by atoms with Crippen LogP contribution in [0.1, 0.15) is 116 Å². The molecule has 0 bridgehead atoms. The van der Waals surface area contributed by atoms with E-state index in [4.69, 9.17) is 24.3 Å². The van der Waals surface area contributed by atoms with Crippen LogP contribution in [0.2, 0.25) is 0 Å². The maximum atomic E-state index is 12.4. The molecule has 1 aliphatic rings. The lowest BCUT2D eigenvalue weighted by atomic mass is 9.93. The Morgan fingerprint density at radius 1 is 0.909 bits per heavy atom. The normalized spacial score (nSPS) is 23.4. The van der Waals surface area contributed by atoms with Crippen molar-refractivity contribution in [1.29, 1.82) is 0 Å². The summed E-state index contributed by atoms with van der Waals surface area (Å²) < 4.78 is 35.6. The van der Waals surface area contributed by atoms with Gasteiger partial charge in [-0.15, -0.1) is 0 Å². The van der Waals surface area contributed by atoms with Crippen molar-refractivity contribution in [2.75, 3.05) is 32.2 Å². The van der Waals surface area contributed by atoms with Gasteiger partial charge in [0.2, 0.25) is 0 Å². The molecule has 0 amide bonds. The van der Waals surface area contributed by atoms with E-state index in [9.17, 15) is 19.7 Å². The number of nitrogens with zero attached hydrogens (tertiary/aromatic N) is 3. The number of aliphatic hydroxyl groups excluding tert-OH is 2. The third-order valence-corrected chi connectivity index (χ3v) is 9.37. The van der Waals surface area contributed by atoms with Crippen LogP contribution in [0.25, 0.3) is 5.52 Å². The number of nitrogens with two attached hydrogens (primary N) is 1. The highest BCUT2D eigenvalue weighted by Gasteiger charge is 2.54. The molecular formula is C31H55N4O8P. The van der Waals surface area contributed by atoms with Crippen LogP contribution in [0.15, 0.2) is 18.5 Å². The molecule has 1 aliphatic heterocycles. The molecule has 5 atom stereocenters. The molecule has 0 spiro atoms. The summed E-state index contributed by atoms with van der Waals surface area (Å²) in [4.78, 5) is 14.0. The molecule has 3 heterocycles. The molecule has 2 aromatic rings. The van der Waals surface area contributed by atoms with E-state index >= 15 is 0 Å². The van der Waals surface area contributed by atoms with Crippen LogP contribution < -0.4 is 5.73 Å². The summed E-state index contributed by atoms with van der Waals surface area (Å²) in [5.41, 5.74) is 5.47. The molecule has 1 saturated heterocycles. The zero-order valence-corrected chi connectivity index (χ0v) is 27.5. The number of phosphoric ester groups is 1. The maximum absolute atomic E-state index is 12.4. The summed E-state index contributed by atoms with van der Waals surface area (Å²) in [6.45, 7) is 4.46. The number of fused-ring (bicyclic) bond motifs is 1. The van der Waals surface area contributed by atoms with Crippen molar-refractivity contribution in [3.63, 3.8) is 0 Å². The third-order valence-electron chi connectivity index (χ3n) is 8.39. The molecule has 0 aliphatic carbocycles. The van der Waals surface area contributed by atoms with Crippen LogP contribution in [0.4, 0.5) is 5.82 Å². The van der Waals surface area contributed by atoms with Crippen molar-refractivity contribution >= 4 is 19.2 Å². The van der Waals surface area contributed by atoms with Crippen molar-refractivity contribution in [2.24, 2.45) is 0 Å². The molecule has 2 aromatic heterocycles. The first kappa shape index (κ1) is 36.8. The van der Waals surface area contributed by atoms with Crippen LogP contribution in [-0.4, -0.2) is 74.4 Å². The van der Waals surface area contributed by atoms with Gasteiger partial charge in [0, 0.05) is 13.2 Å². The molecule has 1 unspecified atom stereocenters. The topological polar surface area (TPSA) is 171 Å². The molecule has 1 fully saturated rings. The second-order valence-corrected chi connectivity index (χ2v) is 13.5. The van der Waals surface area contributed by atoms with Gasteiger partial charge < -0.3 is 30.3 Å². The molecule has 0 radical (unpaired) electrons. The quantitative estimate of drug-likeness (QED) is 0.0822. The van der Waals surface area contributed by atoms with E-state index in [1.54, 1.807) is 19.1 Å². The molecular weight excluding hydrogens is 587 g/mol. The minimum atomic E-state index is -4.40. The first-order chi connectivity index (χ1) is 21.2. The van der Waals surface area contributed by atoms with E-state index in [0.29, 0.717) is 30.8 Å². The fourth-order valence-electron chi connectivity index (χ4n) is 5.70. The van der Waals surface area contributed by atoms with E-state index in [2.05, 4.69) is 17.0 Å². The highest BCUT2D eigenvalue weighted by molar-refractivity contribution is 7.47. The number of hydrogen-bond acceptors (Lipinski definition) is 10. The van der Waals surface area contributed by atoms with Crippen molar-refractivity contribution < 1.29 is 38.2 Å². The Labute approximate surface area is 262 Å². The number of ether oxygens (including phenoxy) is 2. The van der Waals surface area contributed by atoms with E-state index < -0.39 is 38.3 Å². The summed E-state index contributed by atoms with van der Waals surface area (Å²) in [6.07, 6.45) is 16.2. The van der Waals surface area contributed by atoms with Crippen molar-refractivity contribution in [2.45, 2.75) is 134 Å². The smallest absolute Gasteiger partial charge is 0.387 e. The predicted molar refractivity (Wildman–Crippen MR) is 169 cm³/mol. The Balaban J connectivity index is 1.20. The number of unbranched alkanes of at least 4 members (excludes halogenated alkanes) is 13. The van der Waals surface area contributed by atoms with Crippen molar-refractivity contribution in [3.8, 4) is 0 Å². The Bertz CT molecular complexity index is 1140. The molecule has 252 valence electrons. The van der Waals surface area contributed by atoms with E-state index in [1.807, 2.05) is 0 Å². The standard InChI is InChI=1S/C31H55N4O8P/c1-3-4-5-6-7-8-9-10-11-12-13-14-15-16-20-40-21-17-22-41-44(38,39)42-23-26-28(36)29(37)31(2,43-26)27-19-18-25-30(32)33-24-34-35(25)27/h18-19,24,26,28-29,36-37H,3-17,20-23H2,1-2H3,(H,38,39)(H2,32,33,34)/t26-,28-,29-,31+/m1/s1. The second-order valence-electron chi connectivity index (χ2n) is 12.0. The van der Waals surface area contributed by atoms with Gasteiger partial charge >= 0.3 is 7.82 Å². The lowest BCUT2D eigenvalue weighted by Crippen LogP contribution is -2.39. The predicted octanol–water partition coefficient (Wildman–Crippen LogP) is 5.67. The lowest BCUT2D eigenvalue weighted by Gasteiger charge is -2.27. The molecule has 13 heteroatoms. The van der Waals surface area contributed by atoms with Gasteiger partial charge in [-0.1, -0.05) is 90.4 Å². The second kappa shape index (κ2) is 19.1. The van der Waals surface area contributed by atoms with Gasteiger partial charge in [-0.3, -0.25) is 9.05 Å². The average Bonchev–Trinajstić information content (AvgIpc) is 3.54. The molecule has 0 aromatic carbocycles. The summed E-state index contributed by atoms with van der Waals surface area (Å²) in [6, 6.07) is 3.35. The molecule has 0 saturated carbocycles. The van der Waals surface area contributed by atoms with Gasteiger partial charge in [0.1, 0.15) is 35.8 Å². The van der Waals surface area contributed by atoms with Crippen LogP contribution in [0.5, 0.6) is 0 Å². The Kier molecular flexibility index (Phi) is 16.0. The van der Waals surface area contributed by atoms with E-state index in [0.717, 1.165) is 12.8 Å². The van der Waals surface area contributed by atoms with Crippen molar-refractivity contribution in [3.05, 3.63) is 24.2 Å². The number of aromatic nitrogens is 3. The largest absolute Gasteiger partial charge is 0.472 e. The highest BCUT2D eigenvalue weighted by atomic mass is 31.2. The Morgan fingerprint density at radius 3 is 2.14 bits per heavy atom. The van der Waals surface area contributed by atoms with Crippen LogP contribution in [-0.2, 0) is 28.7 Å². The summed E-state index contributed by atoms with van der Waals surface area (Å²) in [5, 5.41) is 25.6. The van der Waals surface area contributed by atoms with Gasteiger partial charge in [-0.25, -0.2) is 14.1 Å². The first-order valence-corrected chi connectivity index (χ1v) is 18.0. The molecule has 12 nitrogen and oxygen atoms in total. The number of nitrogen functional groups attached to an aromatic ring is 1. The molecule has 3 rings (SSSR count). The zero-order valence-electron chi connectivity index (χ0n) is 26.6. The lowest BCUT2D eigenvalue weighted by molar-refractivity contribution is -0.0888. The fourth-order valence-corrected chi connectivity index (χ4v) is 6.47. The van der Waals surface area contributed by atoms with Gasteiger partial charge in [0.15, 0.2) is 5.82 Å². The van der Waals surface area contributed by atoms with E-state index in [1.165, 1.54) is 87.9 Å². The number of rotatable bonds is 24. The third kappa shape index (κ3) is 11.3. The number of hydrogen-bond donors (Lipinski definition) is 4. The van der Waals surface area contributed by atoms with Gasteiger partial charge in [-0.05, 0) is 31.9 Å². The highest BCUT2D eigenvalue weighted by Crippen LogP contribution is 2.46. The monoisotopic (exact) mass is 642 g/mol. The van der Waals surface area contributed by atoms with Gasteiger partial charge in [0.05, 0.1) is 18.9 Å². The Hall–Kier alpha value is -1.63. The number of aliphatic hydroxyl groups is 2.